The fourth-order valence-electron chi connectivity index (χ4n) is 6.65. The fourth-order valence-corrected chi connectivity index (χ4v) is 6.65. The molecule has 0 radical (unpaired) electrons. The maximum absolute atomic E-state index is 8.09. The predicted octanol–water partition coefficient (Wildman–Crippen LogP) is 12.8. The van der Waals surface area contributed by atoms with Crippen LogP contribution in [0.25, 0.3) is 95.3 Å². The quantitative estimate of drug-likeness (QED) is 0.168. The number of nitrogens with one attached hydrogen (secondary N) is 1. The third-order valence-electron chi connectivity index (χ3n) is 9.47. The van der Waals surface area contributed by atoms with Crippen LogP contribution in [0.1, 0.15) is 0 Å². The first-order chi connectivity index (χ1) is 26.1. The molecule has 0 aliphatic heterocycles. The summed E-state index contributed by atoms with van der Waals surface area (Å²) in [7, 11) is 0. The van der Waals surface area contributed by atoms with Gasteiger partial charge in [-0.05, 0) is 63.2 Å². The monoisotopic (exact) mass is 678 g/mol. The fraction of sp³-hybridized carbons (Fsp3) is 0. The summed E-state index contributed by atoms with van der Waals surface area (Å²) in [6.45, 7) is 0. The van der Waals surface area contributed by atoms with E-state index in [1.54, 1.807) is 6.07 Å². The number of hydrogen-bond donors (Lipinski definition) is 0. The van der Waals surface area contributed by atoms with E-state index < -0.39 is 0 Å². The smallest absolute Gasteiger partial charge is 0.164 e. The summed E-state index contributed by atoms with van der Waals surface area (Å²) >= 11 is 0. The van der Waals surface area contributed by atoms with Crippen LogP contribution in [-0.2, 0) is 0 Å². The number of fused-ring (bicyclic) bond motifs is 1. The molecular formula is C48H32N5-. The van der Waals surface area contributed by atoms with Crippen LogP contribution in [0.5, 0.6) is 0 Å². The average Bonchev–Trinajstić information content (AvgIpc) is 3.24. The molecule has 0 saturated heterocycles. The lowest BCUT2D eigenvalue weighted by atomic mass is 9.98. The minimum absolute atomic E-state index is 0.472. The third kappa shape index (κ3) is 6.67. The van der Waals surface area contributed by atoms with Crippen molar-refractivity contribution in [2.24, 2.45) is 0 Å². The van der Waals surface area contributed by atoms with Gasteiger partial charge in [0.2, 0.25) is 0 Å². The van der Waals surface area contributed by atoms with E-state index in [9.17, 15) is 0 Å². The van der Waals surface area contributed by atoms with Crippen LogP contribution in [0.3, 0.4) is 0 Å². The van der Waals surface area contributed by atoms with Gasteiger partial charge in [-0.3, -0.25) is 4.98 Å². The molecule has 1 N–H and O–H groups in total. The van der Waals surface area contributed by atoms with Crippen molar-refractivity contribution < 1.29 is 0 Å². The topological polar surface area (TPSA) is 75.4 Å². The Morgan fingerprint density at radius 3 is 1.38 bits per heavy atom. The van der Waals surface area contributed by atoms with Gasteiger partial charge < -0.3 is 5.73 Å². The molecule has 9 aromatic rings. The summed E-state index contributed by atoms with van der Waals surface area (Å²) in [5.41, 5.74) is 21.0. The van der Waals surface area contributed by atoms with Crippen molar-refractivity contribution >= 4 is 16.6 Å². The molecule has 0 aliphatic rings. The number of aromatic nitrogens is 4. The van der Waals surface area contributed by atoms with E-state index in [0.29, 0.717) is 23.2 Å². The molecule has 0 spiro atoms. The molecule has 0 unspecified atom stereocenters. The summed E-state index contributed by atoms with van der Waals surface area (Å²) in [6.07, 6.45) is 1.95. The molecule has 2 heterocycles. The minimum Gasteiger partial charge on any atom is -0.699 e. The van der Waals surface area contributed by atoms with Crippen LogP contribution < -0.4 is 0 Å². The maximum atomic E-state index is 8.09. The van der Waals surface area contributed by atoms with E-state index in [1.165, 1.54) is 11.1 Å². The first kappa shape index (κ1) is 31.7. The van der Waals surface area contributed by atoms with Crippen molar-refractivity contribution in [1.82, 2.24) is 19.9 Å². The van der Waals surface area contributed by atoms with Crippen molar-refractivity contribution in [3.63, 3.8) is 0 Å². The zero-order chi connectivity index (χ0) is 35.6. The zero-order valence-electron chi connectivity index (χ0n) is 28.7. The summed E-state index contributed by atoms with van der Waals surface area (Å²) in [5, 5.41) is 1.09. The highest BCUT2D eigenvalue weighted by molar-refractivity contribution is 5.88. The molecule has 53 heavy (non-hydrogen) atoms. The van der Waals surface area contributed by atoms with Gasteiger partial charge >= 0.3 is 0 Å². The van der Waals surface area contributed by atoms with Gasteiger partial charge in [0.05, 0.1) is 5.52 Å². The van der Waals surface area contributed by atoms with Crippen LogP contribution >= 0.6 is 0 Å². The van der Waals surface area contributed by atoms with Crippen molar-refractivity contribution in [3.8, 4) is 78.7 Å². The van der Waals surface area contributed by atoms with E-state index >= 15 is 0 Å². The van der Waals surface area contributed by atoms with Gasteiger partial charge in [-0.15, -0.1) is 5.69 Å². The van der Waals surface area contributed by atoms with Crippen LogP contribution in [0.15, 0.2) is 188 Å². The first-order valence-corrected chi connectivity index (χ1v) is 17.5. The zero-order valence-corrected chi connectivity index (χ0v) is 28.7. The Bertz CT molecular complexity index is 2710. The third-order valence-corrected chi connectivity index (χ3v) is 9.47. The molecule has 0 saturated carbocycles. The Balaban J connectivity index is 1.04. The summed E-state index contributed by atoms with van der Waals surface area (Å²) in [5.74, 6) is 1.81. The highest BCUT2D eigenvalue weighted by atomic mass is 15.0. The number of nitrogens with zero attached hydrogens (tertiary/aromatic N) is 4. The van der Waals surface area contributed by atoms with Gasteiger partial charge in [0.15, 0.2) is 17.5 Å². The molecule has 250 valence electrons. The Labute approximate surface area is 308 Å². The molecule has 7 aromatic carbocycles. The first-order valence-electron chi connectivity index (χ1n) is 17.5. The van der Waals surface area contributed by atoms with Crippen LogP contribution in [0.2, 0.25) is 0 Å². The Morgan fingerprint density at radius 2 is 0.717 bits per heavy atom. The number of pyridine rings is 1. The normalized spacial score (nSPS) is 11.1. The molecule has 0 atom stereocenters. The molecule has 0 amide bonds. The molecule has 0 aliphatic carbocycles. The van der Waals surface area contributed by atoms with E-state index in [2.05, 4.69) is 103 Å². The molecule has 5 heteroatoms. The van der Waals surface area contributed by atoms with Crippen molar-refractivity contribution in [2.45, 2.75) is 0 Å². The highest BCUT2D eigenvalue weighted by Gasteiger charge is 2.14. The van der Waals surface area contributed by atoms with Crippen LogP contribution in [0.4, 0.5) is 5.69 Å². The van der Waals surface area contributed by atoms with E-state index in [0.717, 1.165) is 61.0 Å². The second kappa shape index (κ2) is 13.8. The predicted molar refractivity (Wildman–Crippen MR) is 217 cm³/mol. The Hall–Kier alpha value is -7.24. The van der Waals surface area contributed by atoms with Gasteiger partial charge in [0.1, 0.15) is 0 Å². The second-order valence-electron chi connectivity index (χ2n) is 13.0. The molecule has 9 rings (SSSR count). The minimum atomic E-state index is 0.472. The summed E-state index contributed by atoms with van der Waals surface area (Å²) in [4.78, 5) is 19.6. The SMILES string of the molecule is [NH-]c1cccc(-c2cccc(-c3nc(-c4ccccc4)nc(-c4ccc(-c5ccc6ncc(-c7ccc(-c8ccccc8)cc7)cc6c5)cc4)n3)c2)c1. The van der Waals surface area contributed by atoms with Crippen molar-refractivity contribution in [1.29, 1.82) is 0 Å². The van der Waals surface area contributed by atoms with Crippen molar-refractivity contribution in [3.05, 3.63) is 194 Å². The van der Waals surface area contributed by atoms with Gasteiger partial charge in [0.25, 0.3) is 0 Å². The lowest BCUT2D eigenvalue weighted by Crippen LogP contribution is -2.00. The highest BCUT2D eigenvalue weighted by Crippen LogP contribution is 2.32. The number of benzene rings is 7. The number of hydrogen-bond acceptors (Lipinski definition) is 4. The lowest BCUT2D eigenvalue weighted by Gasteiger charge is -2.11. The standard InChI is InChI=1S/C48H32N5/c49-44-16-8-14-39(30-44)38-13-7-15-41(27-38)48-52-46(36-11-5-2-6-12-36)51-47(53-48)37-23-21-34(22-24-37)40-25-26-45-42(28-40)29-43(31-50-45)35-19-17-33(18-20-35)32-9-3-1-4-10-32/h1-31,49H/q-1. The second-order valence-corrected chi connectivity index (χ2v) is 13.0. The van der Waals surface area contributed by atoms with E-state index in [1.807, 2.05) is 79.0 Å². The molecule has 2 aromatic heterocycles. The average molecular weight is 679 g/mol. The summed E-state index contributed by atoms with van der Waals surface area (Å²) < 4.78 is 0. The van der Waals surface area contributed by atoms with Gasteiger partial charge in [-0.2, -0.15) is 0 Å². The molecule has 5 nitrogen and oxygen atoms in total. The van der Waals surface area contributed by atoms with Crippen LogP contribution in [-0.4, -0.2) is 19.9 Å². The van der Waals surface area contributed by atoms with Gasteiger partial charge in [-0.1, -0.05) is 158 Å². The Morgan fingerprint density at radius 1 is 0.302 bits per heavy atom. The van der Waals surface area contributed by atoms with Crippen molar-refractivity contribution in [2.75, 3.05) is 0 Å². The van der Waals surface area contributed by atoms with E-state index in [-0.39, 0.29) is 0 Å². The van der Waals surface area contributed by atoms with Gasteiger partial charge in [0, 0.05) is 33.8 Å². The Kier molecular flexibility index (Phi) is 8.27. The molecule has 0 bridgehead atoms. The van der Waals surface area contributed by atoms with E-state index in [4.69, 9.17) is 25.7 Å². The van der Waals surface area contributed by atoms with Gasteiger partial charge in [-0.25, -0.2) is 15.0 Å². The largest absolute Gasteiger partial charge is 0.699 e. The van der Waals surface area contributed by atoms with Crippen LogP contribution in [0, 0.1) is 0 Å². The lowest BCUT2D eigenvalue weighted by molar-refractivity contribution is 1.07. The molecular weight excluding hydrogens is 647 g/mol. The molecule has 0 fully saturated rings. The number of rotatable bonds is 7. The summed E-state index contributed by atoms with van der Waals surface area (Å²) in [6, 6.07) is 61.8. The maximum Gasteiger partial charge on any atom is 0.164 e.